The first-order valence-electron chi connectivity index (χ1n) is 7.12. The Bertz CT molecular complexity index is 686. The number of anilines is 1. The number of aryl methyl sites for hydroxylation is 1. The summed E-state index contributed by atoms with van der Waals surface area (Å²) in [6.07, 6.45) is 3.67. The lowest BCUT2D eigenvalue weighted by atomic mass is 10.2. The topological polar surface area (TPSA) is 65.6 Å². The van der Waals surface area contributed by atoms with Gasteiger partial charge in [0.1, 0.15) is 5.82 Å². The minimum absolute atomic E-state index is 0.742. The Morgan fingerprint density at radius 3 is 2.90 bits per heavy atom. The van der Waals surface area contributed by atoms with Gasteiger partial charge in [-0.3, -0.25) is 4.98 Å². The highest BCUT2D eigenvalue weighted by molar-refractivity contribution is 5.74. The summed E-state index contributed by atoms with van der Waals surface area (Å²) in [5.74, 6) is 0.969. The van der Waals surface area contributed by atoms with Crippen LogP contribution in [0.3, 0.4) is 0 Å². The van der Waals surface area contributed by atoms with Crippen LogP contribution in [0.1, 0.15) is 11.4 Å². The van der Waals surface area contributed by atoms with Gasteiger partial charge >= 0.3 is 0 Å². The van der Waals surface area contributed by atoms with Gasteiger partial charge in [-0.25, -0.2) is 4.98 Å². The zero-order chi connectivity index (χ0) is 14.5. The molecule has 0 amide bonds. The third kappa shape index (κ3) is 3.38. The fourth-order valence-electron chi connectivity index (χ4n) is 2.25. The van der Waals surface area contributed by atoms with Crippen LogP contribution in [0.2, 0.25) is 0 Å². The van der Waals surface area contributed by atoms with Crippen LogP contribution in [0, 0.1) is 6.92 Å². The summed E-state index contributed by atoms with van der Waals surface area (Å²) in [5.41, 5.74) is 4.39. The average Bonchev–Trinajstić information content (AvgIpc) is 2.91. The first-order valence-corrected chi connectivity index (χ1v) is 7.12. The van der Waals surface area contributed by atoms with Crippen LogP contribution in [0.5, 0.6) is 0 Å². The molecule has 0 aliphatic rings. The molecule has 3 rings (SSSR count). The molecule has 3 N–H and O–H groups in total. The Kier molecular flexibility index (Phi) is 4.12. The second-order valence-corrected chi connectivity index (χ2v) is 4.99. The van der Waals surface area contributed by atoms with Gasteiger partial charge in [-0.2, -0.15) is 0 Å². The van der Waals surface area contributed by atoms with Gasteiger partial charge in [0.15, 0.2) is 0 Å². The van der Waals surface area contributed by atoms with E-state index in [4.69, 9.17) is 0 Å². The van der Waals surface area contributed by atoms with Gasteiger partial charge in [0.2, 0.25) is 0 Å². The fraction of sp³-hybridized carbons (Fsp3) is 0.250. The molecule has 3 aromatic rings. The van der Waals surface area contributed by atoms with Crippen molar-refractivity contribution < 1.29 is 0 Å². The van der Waals surface area contributed by atoms with Gasteiger partial charge in [-0.05, 0) is 30.7 Å². The standard InChI is InChI=1S/C16H19N5/c1-12-10-17-7-6-13(12)19-9-8-18-11-16-20-14-4-2-3-5-15(14)21-16/h2-7,10,18H,8-9,11H2,1H3,(H,17,19)(H,20,21). The Labute approximate surface area is 123 Å². The summed E-state index contributed by atoms with van der Waals surface area (Å²) in [7, 11) is 0. The summed E-state index contributed by atoms with van der Waals surface area (Å²) in [6.45, 7) is 4.53. The van der Waals surface area contributed by atoms with Crippen LogP contribution in [0.4, 0.5) is 5.69 Å². The number of benzene rings is 1. The van der Waals surface area contributed by atoms with Crippen LogP contribution in [-0.4, -0.2) is 28.0 Å². The van der Waals surface area contributed by atoms with Crippen molar-refractivity contribution in [3.63, 3.8) is 0 Å². The van der Waals surface area contributed by atoms with E-state index in [9.17, 15) is 0 Å². The van der Waals surface area contributed by atoms with E-state index in [2.05, 4.69) is 32.5 Å². The molecule has 1 aromatic carbocycles. The summed E-state index contributed by atoms with van der Waals surface area (Å²) in [4.78, 5) is 11.9. The predicted octanol–water partition coefficient (Wildman–Crippen LogP) is 2.47. The van der Waals surface area contributed by atoms with Crippen molar-refractivity contribution in [1.82, 2.24) is 20.3 Å². The highest BCUT2D eigenvalue weighted by atomic mass is 15.0. The van der Waals surface area contributed by atoms with Gasteiger partial charge in [0, 0.05) is 31.2 Å². The van der Waals surface area contributed by atoms with E-state index in [1.807, 2.05) is 36.5 Å². The van der Waals surface area contributed by atoms with Gasteiger partial charge in [-0.15, -0.1) is 0 Å². The number of pyridine rings is 1. The molecular weight excluding hydrogens is 262 g/mol. The van der Waals surface area contributed by atoms with Crippen molar-refractivity contribution in [2.45, 2.75) is 13.5 Å². The molecule has 0 unspecified atom stereocenters. The lowest BCUT2D eigenvalue weighted by Crippen LogP contribution is -2.22. The molecule has 0 spiro atoms. The Balaban J connectivity index is 1.45. The summed E-state index contributed by atoms with van der Waals surface area (Å²) in [5, 5.41) is 6.77. The number of para-hydroxylation sites is 2. The maximum atomic E-state index is 4.54. The van der Waals surface area contributed by atoms with Crippen LogP contribution < -0.4 is 10.6 Å². The van der Waals surface area contributed by atoms with E-state index in [-0.39, 0.29) is 0 Å². The molecule has 0 aliphatic heterocycles. The maximum absolute atomic E-state index is 4.54. The van der Waals surface area contributed by atoms with E-state index in [1.54, 1.807) is 6.20 Å². The molecular formula is C16H19N5. The van der Waals surface area contributed by atoms with Crippen molar-refractivity contribution in [2.75, 3.05) is 18.4 Å². The van der Waals surface area contributed by atoms with Gasteiger partial charge in [0.05, 0.1) is 17.6 Å². The normalized spacial score (nSPS) is 10.9. The van der Waals surface area contributed by atoms with E-state index >= 15 is 0 Å². The highest BCUT2D eigenvalue weighted by Crippen LogP contribution is 2.11. The van der Waals surface area contributed by atoms with E-state index < -0.39 is 0 Å². The molecule has 0 radical (unpaired) electrons. The number of hydrogen-bond donors (Lipinski definition) is 3. The monoisotopic (exact) mass is 281 g/mol. The summed E-state index contributed by atoms with van der Waals surface area (Å²) in [6, 6.07) is 10.1. The zero-order valence-electron chi connectivity index (χ0n) is 12.1. The second kappa shape index (κ2) is 6.37. The molecule has 0 atom stereocenters. The summed E-state index contributed by atoms with van der Waals surface area (Å²) >= 11 is 0. The van der Waals surface area contributed by atoms with E-state index in [1.165, 1.54) is 0 Å². The molecule has 0 fully saturated rings. The fourth-order valence-corrected chi connectivity index (χ4v) is 2.25. The van der Waals surface area contributed by atoms with Gasteiger partial charge < -0.3 is 15.6 Å². The van der Waals surface area contributed by atoms with E-state index in [0.717, 1.165) is 47.7 Å². The predicted molar refractivity (Wildman–Crippen MR) is 85.3 cm³/mol. The molecule has 2 heterocycles. The maximum Gasteiger partial charge on any atom is 0.121 e. The number of aromatic amines is 1. The second-order valence-electron chi connectivity index (χ2n) is 4.99. The Hall–Kier alpha value is -2.40. The van der Waals surface area contributed by atoms with Gasteiger partial charge in [-0.1, -0.05) is 12.1 Å². The summed E-state index contributed by atoms with van der Waals surface area (Å²) < 4.78 is 0. The van der Waals surface area contributed by atoms with Crippen molar-refractivity contribution in [3.8, 4) is 0 Å². The number of aromatic nitrogens is 3. The average molecular weight is 281 g/mol. The molecule has 5 heteroatoms. The quantitative estimate of drug-likeness (QED) is 0.607. The number of imidazole rings is 1. The van der Waals surface area contributed by atoms with Crippen LogP contribution >= 0.6 is 0 Å². The van der Waals surface area contributed by atoms with Crippen molar-refractivity contribution in [3.05, 3.63) is 54.1 Å². The molecule has 2 aromatic heterocycles. The molecule has 0 bridgehead atoms. The van der Waals surface area contributed by atoms with Crippen LogP contribution in [0.15, 0.2) is 42.7 Å². The lowest BCUT2D eigenvalue weighted by Gasteiger charge is -2.09. The Morgan fingerprint density at radius 2 is 2.05 bits per heavy atom. The van der Waals surface area contributed by atoms with Gasteiger partial charge in [0.25, 0.3) is 0 Å². The number of fused-ring (bicyclic) bond motifs is 1. The Morgan fingerprint density at radius 1 is 1.14 bits per heavy atom. The highest BCUT2D eigenvalue weighted by Gasteiger charge is 2.01. The van der Waals surface area contributed by atoms with Crippen LogP contribution in [0.25, 0.3) is 11.0 Å². The SMILES string of the molecule is Cc1cnccc1NCCNCc1nc2ccccc2[nH]1. The number of nitrogens with zero attached hydrogens (tertiary/aromatic N) is 2. The molecule has 21 heavy (non-hydrogen) atoms. The third-order valence-electron chi connectivity index (χ3n) is 3.37. The minimum Gasteiger partial charge on any atom is -0.383 e. The van der Waals surface area contributed by atoms with E-state index in [0.29, 0.717) is 0 Å². The van der Waals surface area contributed by atoms with Crippen LogP contribution in [-0.2, 0) is 6.54 Å². The molecule has 0 aliphatic carbocycles. The molecule has 5 nitrogen and oxygen atoms in total. The largest absolute Gasteiger partial charge is 0.383 e. The smallest absolute Gasteiger partial charge is 0.121 e. The number of nitrogens with one attached hydrogen (secondary N) is 3. The minimum atomic E-state index is 0.742. The number of hydrogen-bond acceptors (Lipinski definition) is 4. The molecule has 0 saturated heterocycles. The molecule has 0 saturated carbocycles. The number of rotatable bonds is 6. The zero-order valence-corrected chi connectivity index (χ0v) is 12.1. The molecule has 108 valence electrons. The lowest BCUT2D eigenvalue weighted by molar-refractivity contribution is 0.683. The van der Waals surface area contributed by atoms with Crippen molar-refractivity contribution >= 4 is 16.7 Å². The first-order chi connectivity index (χ1) is 10.3. The van der Waals surface area contributed by atoms with Crippen molar-refractivity contribution in [2.24, 2.45) is 0 Å². The first kappa shape index (κ1) is 13.6. The number of H-pyrrole nitrogens is 1. The van der Waals surface area contributed by atoms with Crippen molar-refractivity contribution in [1.29, 1.82) is 0 Å². The third-order valence-corrected chi connectivity index (χ3v) is 3.37.